The van der Waals surface area contributed by atoms with Crippen LogP contribution in [-0.4, -0.2) is 18.8 Å². The Hall–Kier alpha value is -1.65. The molecule has 5 heteroatoms. The molecule has 0 aromatic heterocycles. The number of methoxy groups -OCH3 is 1. The molecule has 0 spiro atoms. The van der Waals surface area contributed by atoms with Crippen molar-refractivity contribution in [1.82, 2.24) is 5.32 Å². The standard InChI is InChI=1S/C21H26ClNO2S/c1-15(2)12-20(17-6-10-19(25-3)11-7-17)23-21(24)14-26-13-16-4-8-18(22)9-5-16/h4-11,15,20H,12-14H2,1-3H3,(H,23,24). The summed E-state index contributed by atoms with van der Waals surface area (Å²) >= 11 is 7.50. The molecule has 0 saturated heterocycles. The fourth-order valence-corrected chi connectivity index (χ4v) is 3.59. The highest BCUT2D eigenvalue weighted by atomic mass is 35.5. The average molecular weight is 392 g/mol. The second-order valence-corrected chi connectivity index (χ2v) is 8.06. The van der Waals surface area contributed by atoms with Crippen LogP contribution < -0.4 is 10.1 Å². The Labute approximate surface area is 165 Å². The van der Waals surface area contributed by atoms with Crippen molar-refractivity contribution in [3.8, 4) is 5.75 Å². The summed E-state index contributed by atoms with van der Waals surface area (Å²) in [5.74, 6) is 2.60. The van der Waals surface area contributed by atoms with Crippen LogP contribution in [0.25, 0.3) is 0 Å². The quantitative estimate of drug-likeness (QED) is 0.614. The number of benzene rings is 2. The molecule has 1 unspecified atom stereocenters. The summed E-state index contributed by atoms with van der Waals surface area (Å²) in [4.78, 5) is 12.4. The van der Waals surface area contributed by atoms with Gasteiger partial charge in [0.05, 0.1) is 18.9 Å². The Morgan fingerprint density at radius 3 is 2.35 bits per heavy atom. The molecule has 0 radical (unpaired) electrons. The Kier molecular flexibility index (Phi) is 8.33. The maximum atomic E-state index is 12.4. The zero-order chi connectivity index (χ0) is 18.9. The molecule has 2 aromatic rings. The predicted molar refractivity (Wildman–Crippen MR) is 111 cm³/mol. The Bertz CT molecular complexity index is 686. The normalized spacial score (nSPS) is 12.0. The number of nitrogens with one attached hydrogen (secondary N) is 1. The molecule has 1 amide bonds. The summed E-state index contributed by atoms with van der Waals surface area (Å²) in [5.41, 5.74) is 2.27. The second kappa shape index (κ2) is 10.5. The van der Waals surface area contributed by atoms with Gasteiger partial charge in [-0.1, -0.05) is 49.7 Å². The fraction of sp³-hybridized carbons (Fsp3) is 0.381. The Balaban J connectivity index is 1.89. The first kappa shape index (κ1) is 20.7. The van der Waals surface area contributed by atoms with Gasteiger partial charge in [0.2, 0.25) is 5.91 Å². The van der Waals surface area contributed by atoms with Gasteiger partial charge >= 0.3 is 0 Å². The number of rotatable bonds is 9. The smallest absolute Gasteiger partial charge is 0.230 e. The third kappa shape index (κ3) is 6.93. The van der Waals surface area contributed by atoms with Crippen LogP contribution in [0.4, 0.5) is 0 Å². The van der Waals surface area contributed by atoms with Crippen molar-refractivity contribution in [2.45, 2.75) is 32.1 Å². The largest absolute Gasteiger partial charge is 0.497 e. The second-order valence-electron chi connectivity index (χ2n) is 6.64. The van der Waals surface area contributed by atoms with E-state index in [1.54, 1.807) is 18.9 Å². The SMILES string of the molecule is COc1ccc(C(CC(C)C)NC(=O)CSCc2ccc(Cl)cc2)cc1. The molecule has 1 N–H and O–H groups in total. The summed E-state index contributed by atoms with van der Waals surface area (Å²) in [7, 11) is 1.65. The average Bonchev–Trinajstić information content (AvgIpc) is 2.62. The zero-order valence-corrected chi connectivity index (χ0v) is 17.1. The van der Waals surface area contributed by atoms with E-state index in [4.69, 9.17) is 16.3 Å². The van der Waals surface area contributed by atoms with Crippen LogP contribution >= 0.6 is 23.4 Å². The van der Waals surface area contributed by atoms with Gasteiger partial charge in [-0.15, -0.1) is 11.8 Å². The topological polar surface area (TPSA) is 38.3 Å². The van der Waals surface area contributed by atoms with Crippen molar-refractivity contribution in [2.24, 2.45) is 5.92 Å². The van der Waals surface area contributed by atoms with Crippen molar-refractivity contribution in [2.75, 3.05) is 12.9 Å². The molecule has 0 aliphatic rings. The van der Waals surface area contributed by atoms with Crippen molar-refractivity contribution >= 4 is 29.3 Å². The molecule has 2 rings (SSSR count). The van der Waals surface area contributed by atoms with Gasteiger partial charge in [-0.25, -0.2) is 0 Å². The highest BCUT2D eigenvalue weighted by Crippen LogP contribution is 2.24. The van der Waals surface area contributed by atoms with E-state index < -0.39 is 0 Å². The minimum atomic E-state index is 0.0181. The van der Waals surface area contributed by atoms with E-state index in [9.17, 15) is 4.79 Å². The molecular weight excluding hydrogens is 366 g/mol. The Morgan fingerprint density at radius 2 is 1.77 bits per heavy atom. The lowest BCUT2D eigenvalue weighted by Crippen LogP contribution is -2.30. The van der Waals surface area contributed by atoms with Crippen LogP contribution in [0.1, 0.15) is 37.4 Å². The molecule has 140 valence electrons. The van der Waals surface area contributed by atoms with Gasteiger partial charge in [-0.05, 0) is 47.7 Å². The number of hydrogen-bond acceptors (Lipinski definition) is 3. The minimum Gasteiger partial charge on any atom is -0.497 e. The highest BCUT2D eigenvalue weighted by molar-refractivity contribution is 7.99. The lowest BCUT2D eigenvalue weighted by Gasteiger charge is -2.21. The van der Waals surface area contributed by atoms with Crippen LogP contribution in [-0.2, 0) is 10.5 Å². The molecule has 0 aliphatic carbocycles. The number of carbonyl (C=O) groups excluding carboxylic acids is 1. The fourth-order valence-electron chi connectivity index (χ4n) is 2.66. The van der Waals surface area contributed by atoms with Gasteiger partial charge < -0.3 is 10.1 Å². The van der Waals surface area contributed by atoms with Gasteiger partial charge in [-0.3, -0.25) is 4.79 Å². The zero-order valence-electron chi connectivity index (χ0n) is 15.5. The van der Waals surface area contributed by atoms with Gasteiger partial charge in [-0.2, -0.15) is 0 Å². The van der Waals surface area contributed by atoms with E-state index in [1.807, 2.05) is 48.5 Å². The molecule has 1 atom stereocenters. The van der Waals surface area contributed by atoms with Gasteiger partial charge in [0, 0.05) is 10.8 Å². The molecule has 0 saturated carbocycles. The summed E-state index contributed by atoms with van der Waals surface area (Å²) < 4.78 is 5.21. The van der Waals surface area contributed by atoms with E-state index in [2.05, 4.69) is 19.2 Å². The lowest BCUT2D eigenvalue weighted by atomic mass is 9.97. The first-order valence-electron chi connectivity index (χ1n) is 8.73. The molecule has 26 heavy (non-hydrogen) atoms. The molecule has 0 bridgehead atoms. The number of halogens is 1. The van der Waals surface area contributed by atoms with Crippen molar-refractivity contribution in [3.05, 3.63) is 64.7 Å². The molecule has 2 aromatic carbocycles. The third-order valence-electron chi connectivity index (χ3n) is 3.98. The summed E-state index contributed by atoms with van der Waals surface area (Å²) in [6.07, 6.45) is 0.903. The summed E-state index contributed by atoms with van der Waals surface area (Å²) in [6.45, 7) is 4.33. The van der Waals surface area contributed by atoms with Crippen LogP contribution in [0, 0.1) is 5.92 Å². The van der Waals surface area contributed by atoms with Crippen molar-refractivity contribution in [3.63, 3.8) is 0 Å². The van der Waals surface area contributed by atoms with Crippen molar-refractivity contribution < 1.29 is 9.53 Å². The molecule has 0 heterocycles. The van der Waals surface area contributed by atoms with Crippen LogP contribution in [0.2, 0.25) is 5.02 Å². The van der Waals surface area contributed by atoms with Gasteiger partial charge in [0.1, 0.15) is 5.75 Å². The molecule has 0 fully saturated rings. The number of carbonyl (C=O) groups is 1. The molecule has 3 nitrogen and oxygen atoms in total. The van der Waals surface area contributed by atoms with Crippen LogP contribution in [0.5, 0.6) is 5.75 Å². The summed E-state index contributed by atoms with van der Waals surface area (Å²) in [5, 5.41) is 3.90. The maximum Gasteiger partial charge on any atom is 0.230 e. The first-order chi connectivity index (χ1) is 12.5. The van der Waals surface area contributed by atoms with E-state index in [-0.39, 0.29) is 11.9 Å². The Morgan fingerprint density at radius 1 is 1.12 bits per heavy atom. The van der Waals surface area contributed by atoms with Crippen LogP contribution in [0.3, 0.4) is 0 Å². The number of hydrogen-bond donors (Lipinski definition) is 1. The lowest BCUT2D eigenvalue weighted by molar-refractivity contribution is -0.119. The minimum absolute atomic E-state index is 0.0181. The highest BCUT2D eigenvalue weighted by Gasteiger charge is 2.16. The third-order valence-corrected chi connectivity index (χ3v) is 5.23. The monoisotopic (exact) mass is 391 g/mol. The predicted octanol–water partition coefficient (Wildman–Crippen LogP) is 5.49. The van der Waals surface area contributed by atoms with E-state index in [0.717, 1.165) is 28.5 Å². The summed E-state index contributed by atoms with van der Waals surface area (Å²) in [6, 6.07) is 15.7. The number of thioether (sulfide) groups is 1. The van der Waals surface area contributed by atoms with E-state index >= 15 is 0 Å². The van der Waals surface area contributed by atoms with Crippen molar-refractivity contribution in [1.29, 1.82) is 0 Å². The maximum absolute atomic E-state index is 12.4. The number of ether oxygens (including phenoxy) is 1. The van der Waals surface area contributed by atoms with Gasteiger partial charge in [0.15, 0.2) is 0 Å². The number of amides is 1. The van der Waals surface area contributed by atoms with Gasteiger partial charge in [0.25, 0.3) is 0 Å². The van der Waals surface area contributed by atoms with E-state index in [1.165, 1.54) is 5.56 Å². The molecule has 0 aliphatic heterocycles. The molecular formula is C21H26ClNO2S. The van der Waals surface area contributed by atoms with E-state index in [0.29, 0.717) is 11.7 Å². The first-order valence-corrected chi connectivity index (χ1v) is 10.3. The van der Waals surface area contributed by atoms with Crippen LogP contribution in [0.15, 0.2) is 48.5 Å².